The minimum Gasteiger partial charge on any atom is -0.366 e. The highest BCUT2D eigenvalue weighted by Crippen LogP contribution is 2.37. The molecular weight excluding hydrogens is 485 g/mol. The van der Waals surface area contributed by atoms with Crippen LogP contribution in [-0.4, -0.2) is 38.1 Å². The zero-order valence-electron chi connectivity index (χ0n) is 18.6. The van der Waals surface area contributed by atoms with Crippen LogP contribution in [0, 0.1) is 6.92 Å². The number of rotatable bonds is 5. The standard InChI is InChI=1S/C23H22ClF3N6O2/c1-13-30-31-21(33(13)12-14-4-7-16(24)8-5-14)19-3-2-10-32(19)22(35)29-18-11-15(20(28)34)6-9-17(18)23(25,26)27/h4-9,11,19H,2-3,10,12H2,1H3,(H2,28,34)(H,29,35)/t19-/m1/s1. The molecule has 35 heavy (non-hydrogen) atoms. The summed E-state index contributed by atoms with van der Waals surface area (Å²) in [5.74, 6) is 0.266. The molecule has 0 radical (unpaired) electrons. The molecule has 1 atom stereocenters. The molecular formula is C23H22ClF3N6O2. The number of nitrogens with zero attached hydrogens (tertiary/aromatic N) is 4. The van der Waals surface area contributed by atoms with Gasteiger partial charge in [-0.25, -0.2) is 4.79 Å². The van der Waals surface area contributed by atoms with Gasteiger partial charge in [0.25, 0.3) is 0 Å². The zero-order valence-corrected chi connectivity index (χ0v) is 19.4. The molecule has 2 heterocycles. The zero-order chi connectivity index (χ0) is 25.3. The first-order chi connectivity index (χ1) is 16.5. The second-order valence-electron chi connectivity index (χ2n) is 8.22. The smallest absolute Gasteiger partial charge is 0.366 e. The molecule has 0 saturated carbocycles. The van der Waals surface area contributed by atoms with E-state index in [0.717, 1.165) is 23.8 Å². The Kier molecular flexibility index (Phi) is 6.70. The maximum absolute atomic E-state index is 13.5. The van der Waals surface area contributed by atoms with Gasteiger partial charge in [0.2, 0.25) is 5.91 Å². The summed E-state index contributed by atoms with van der Waals surface area (Å²) in [6, 6.07) is 8.68. The number of benzene rings is 2. The molecule has 3 N–H and O–H groups in total. The van der Waals surface area contributed by atoms with E-state index in [1.165, 1.54) is 4.90 Å². The quantitative estimate of drug-likeness (QED) is 0.519. The van der Waals surface area contributed by atoms with Gasteiger partial charge in [0, 0.05) is 17.1 Å². The SMILES string of the molecule is Cc1nnc([C@H]2CCCN2C(=O)Nc2cc(C(N)=O)ccc2C(F)(F)F)n1Cc1ccc(Cl)cc1. The van der Waals surface area contributed by atoms with Crippen LogP contribution in [0.2, 0.25) is 5.02 Å². The number of amides is 3. The largest absolute Gasteiger partial charge is 0.418 e. The van der Waals surface area contributed by atoms with E-state index in [1.54, 1.807) is 19.1 Å². The maximum atomic E-state index is 13.5. The normalized spacial score (nSPS) is 15.9. The van der Waals surface area contributed by atoms with Gasteiger partial charge < -0.3 is 20.5 Å². The third kappa shape index (κ3) is 5.24. The van der Waals surface area contributed by atoms with E-state index >= 15 is 0 Å². The van der Waals surface area contributed by atoms with Crippen LogP contribution in [0.4, 0.5) is 23.7 Å². The van der Waals surface area contributed by atoms with Crippen molar-refractivity contribution in [3.63, 3.8) is 0 Å². The first-order valence-electron chi connectivity index (χ1n) is 10.8. The number of halogens is 4. The second kappa shape index (κ2) is 9.57. The summed E-state index contributed by atoms with van der Waals surface area (Å²) in [7, 11) is 0. The lowest BCUT2D eigenvalue weighted by atomic mass is 10.1. The number of hydrogen-bond donors (Lipinski definition) is 2. The Labute approximate surface area is 203 Å². The van der Waals surface area contributed by atoms with Gasteiger partial charge in [-0.15, -0.1) is 10.2 Å². The minimum atomic E-state index is -4.74. The lowest BCUT2D eigenvalue weighted by Crippen LogP contribution is -2.36. The molecule has 3 aromatic rings. The van der Waals surface area contributed by atoms with Gasteiger partial charge in [0.05, 0.1) is 23.8 Å². The molecule has 1 saturated heterocycles. The topological polar surface area (TPSA) is 106 Å². The van der Waals surface area contributed by atoms with E-state index in [1.807, 2.05) is 16.7 Å². The minimum absolute atomic E-state index is 0.149. The third-order valence-corrected chi connectivity index (χ3v) is 6.13. The molecule has 2 aromatic carbocycles. The summed E-state index contributed by atoms with van der Waals surface area (Å²) in [5.41, 5.74) is 4.40. The first-order valence-corrected chi connectivity index (χ1v) is 11.1. The van der Waals surface area contributed by atoms with Gasteiger partial charge in [-0.2, -0.15) is 13.2 Å². The van der Waals surface area contributed by atoms with Crippen LogP contribution < -0.4 is 11.1 Å². The van der Waals surface area contributed by atoms with E-state index in [-0.39, 0.29) is 5.56 Å². The average Bonchev–Trinajstić information content (AvgIpc) is 3.41. The fourth-order valence-corrected chi connectivity index (χ4v) is 4.25. The maximum Gasteiger partial charge on any atom is 0.418 e. The van der Waals surface area contributed by atoms with E-state index in [4.69, 9.17) is 17.3 Å². The van der Waals surface area contributed by atoms with E-state index in [0.29, 0.717) is 42.6 Å². The van der Waals surface area contributed by atoms with E-state index < -0.39 is 35.4 Å². The predicted octanol–water partition coefficient (Wildman–Crippen LogP) is 4.77. The number of carbonyl (C=O) groups excluding carboxylic acids is 2. The van der Waals surface area contributed by atoms with Crippen LogP contribution in [0.3, 0.4) is 0 Å². The van der Waals surface area contributed by atoms with Crippen LogP contribution in [0.25, 0.3) is 0 Å². The summed E-state index contributed by atoms with van der Waals surface area (Å²) in [4.78, 5) is 26.1. The Balaban J connectivity index is 1.61. The van der Waals surface area contributed by atoms with Gasteiger partial charge >= 0.3 is 12.2 Å². The number of urea groups is 1. The number of alkyl halides is 3. The molecule has 4 rings (SSSR count). The number of nitrogens with one attached hydrogen (secondary N) is 1. The number of likely N-dealkylation sites (tertiary alicyclic amines) is 1. The van der Waals surface area contributed by atoms with Gasteiger partial charge in [-0.05, 0) is 55.7 Å². The van der Waals surface area contributed by atoms with Crippen LogP contribution in [0.5, 0.6) is 0 Å². The van der Waals surface area contributed by atoms with Crippen molar-refractivity contribution in [3.05, 3.63) is 75.8 Å². The summed E-state index contributed by atoms with van der Waals surface area (Å²) < 4.78 is 42.5. The molecule has 0 bridgehead atoms. The molecule has 184 valence electrons. The van der Waals surface area contributed by atoms with E-state index in [9.17, 15) is 22.8 Å². The van der Waals surface area contributed by atoms with Crippen molar-refractivity contribution >= 4 is 29.2 Å². The average molecular weight is 507 g/mol. The fourth-order valence-electron chi connectivity index (χ4n) is 4.13. The number of primary amides is 1. The lowest BCUT2D eigenvalue weighted by molar-refractivity contribution is -0.136. The van der Waals surface area contributed by atoms with Crippen molar-refractivity contribution in [1.82, 2.24) is 19.7 Å². The number of anilines is 1. The van der Waals surface area contributed by atoms with Crippen molar-refractivity contribution in [2.24, 2.45) is 5.73 Å². The van der Waals surface area contributed by atoms with Crippen LogP contribution in [0.15, 0.2) is 42.5 Å². The molecule has 1 fully saturated rings. The van der Waals surface area contributed by atoms with Crippen LogP contribution >= 0.6 is 11.6 Å². The number of hydrogen-bond acceptors (Lipinski definition) is 4. The Morgan fingerprint density at radius 1 is 1.17 bits per heavy atom. The molecule has 3 amide bonds. The van der Waals surface area contributed by atoms with Crippen molar-refractivity contribution in [3.8, 4) is 0 Å². The van der Waals surface area contributed by atoms with Crippen molar-refractivity contribution in [1.29, 1.82) is 0 Å². The number of carbonyl (C=O) groups is 2. The monoisotopic (exact) mass is 506 g/mol. The summed E-state index contributed by atoms with van der Waals surface area (Å²) in [6.07, 6.45) is -3.53. The fraction of sp³-hybridized carbons (Fsp3) is 0.304. The third-order valence-electron chi connectivity index (χ3n) is 5.88. The molecule has 12 heteroatoms. The number of aryl methyl sites for hydroxylation is 1. The predicted molar refractivity (Wildman–Crippen MR) is 123 cm³/mol. The van der Waals surface area contributed by atoms with E-state index in [2.05, 4.69) is 15.5 Å². The Bertz CT molecular complexity index is 1260. The van der Waals surface area contributed by atoms with Crippen molar-refractivity contribution in [2.45, 2.75) is 38.5 Å². The molecule has 0 aliphatic carbocycles. The molecule has 1 aliphatic heterocycles. The first kappa shape index (κ1) is 24.5. The molecule has 0 spiro atoms. The highest BCUT2D eigenvalue weighted by molar-refractivity contribution is 6.30. The number of nitrogens with two attached hydrogens (primary N) is 1. The summed E-state index contributed by atoms with van der Waals surface area (Å²) in [5, 5.41) is 11.4. The van der Waals surface area contributed by atoms with Crippen molar-refractivity contribution in [2.75, 3.05) is 11.9 Å². The second-order valence-corrected chi connectivity index (χ2v) is 8.66. The highest BCUT2D eigenvalue weighted by atomic mass is 35.5. The van der Waals surface area contributed by atoms with Crippen LogP contribution in [0.1, 0.15) is 52.0 Å². The van der Waals surface area contributed by atoms with Gasteiger partial charge in [0.15, 0.2) is 5.82 Å². The molecule has 1 aromatic heterocycles. The van der Waals surface area contributed by atoms with Crippen LogP contribution in [-0.2, 0) is 12.7 Å². The molecule has 8 nitrogen and oxygen atoms in total. The summed E-state index contributed by atoms with van der Waals surface area (Å²) in [6.45, 7) is 2.55. The molecule has 1 aliphatic rings. The van der Waals surface area contributed by atoms with Gasteiger partial charge in [-0.1, -0.05) is 23.7 Å². The Morgan fingerprint density at radius 2 is 1.89 bits per heavy atom. The molecule has 0 unspecified atom stereocenters. The number of aromatic nitrogens is 3. The van der Waals surface area contributed by atoms with Crippen molar-refractivity contribution < 1.29 is 22.8 Å². The van der Waals surface area contributed by atoms with Gasteiger partial charge in [-0.3, -0.25) is 4.79 Å². The lowest BCUT2D eigenvalue weighted by Gasteiger charge is -2.26. The summed E-state index contributed by atoms with van der Waals surface area (Å²) >= 11 is 5.97. The van der Waals surface area contributed by atoms with Gasteiger partial charge in [0.1, 0.15) is 5.82 Å². The Hall–Kier alpha value is -3.60. The Morgan fingerprint density at radius 3 is 2.54 bits per heavy atom. The highest BCUT2D eigenvalue weighted by Gasteiger charge is 2.37.